The number of hydrogen-bond donors (Lipinski definition) is 0. The van der Waals surface area contributed by atoms with Crippen molar-refractivity contribution >= 4 is 22.5 Å². The summed E-state index contributed by atoms with van der Waals surface area (Å²) in [5.74, 6) is 0.519. The van der Waals surface area contributed by atoms with Crippen molar-refractivity contribution in [3.05, 3.63) is 132 Å². The van der Waals surface area contributed by atoms with Crippen molar-refractivity contribution in [3.63, 3.8) is 0 Å². The molecule has 41 heavy (non-hydrogen) atoms. The van der Waals surface area contributed by atoms with Gasteiger partial charge in [0.15, 0.2) is 0 Å². The van der Waals surface area contributed by atoms with Gasteiger partial charge in [-0.3, -0.25) is 4.79 Å². The second kappa shape index (κ2) is 11.9. The van der Waals surface area contributed by atoms with E-state index in [1.165, 1.54) is 6.07 Å². The molecule has 5 aromatic rings. The summed E-state index contributed by atoms with van der Waals surface area (Å²) in [6.07, 6.45) is 2.49. The molecule has 0 bridgehead atoms. The summed E-state index contributed by atoms with van der Waals surface area (Å²) in [4.78, 5) is 17.7. The number of ether oxygens (including phenoxy) is 1. The number of piperazine rings is 1. The van der Waals surface area contributed by atoms with E-state index in [1.807, 2.05) is 77.5 Å². The van der Waals surface area contributed by atoms with E-state index < -0.39 is 0 Å². The predicted molar refractivity (Wildman–Crippen MR) is 162 cm³/mol. The van der Waals surface area contributed by atoms with Gasteiger partial charge in [-0.15, -0.1) is 0 Å². The fraction of sp³-hybridized carbons (Fsp3) is 0.229. The summed E-state index contributed by atoms with van der Waals surface area (Å²) >= 11 is 0. The van der Waals surface area contributed by atoms with Gasteiger partial charge in [-0.1, -0.05) is 72.8 Å². The van der Waals surface area contributed by atoms with E-state index >= 15 is 0 Å². The maximum Gasteiger partial charge on any atom is 0.223 e. The van der Waals surface area contributed by atoms with Gasteiger partial charge in [0.05, 0.1) is 5.69 Å². The molecule has 1 fully saturated rings. The average Bonchev–Trinajstić information content (AvgIpc) is 3.35. The standard InChI is InChI=1S/C35H34FN3O2/c1-37-24-31(29-14-5-7-16-33(29)37)30(27-12-9-13-28(22-27)41-25-26-10-3-2-4-11-26)23-35(40)39-20-18-38(19-21-39)34-17-8-6-15-32(34)36/h2-17,22,24,30H,18-21,23,25H2,1H3. The number of aryl methyl sites for hydroxylation is 1. The number of amides is 1. The highest BCUT2D eigenvalue weighted by molar-refractivity contribution is 5.86. The third-order valence-electron chi connectivity index (χ3n) is 8.02. The Balaban J connectivity index is 1.25. The number of nitrogens with zero attached hydrogens (tertiary/aromatic N) is 3. The van der Waals surface area contributed by atoms with Gasteiger partial charge in [0, 0.05) is 62.7 Å². The summed E-state index contributed by atoms with van der Waals surface area (Å²) in [7, 11) is 2.05. The first-order valence-corrected chi connectivity index (χ1v) is 14.1. The van der Waals surface area contributed by atoms with E-state index in [4.69, 9.17) is 4.74 Å². The van der Waals surface area contributed by atoms with Gasteiger partial charge in [0.2, 0.25) is 5.91 Å². The van der Waals surface area contributed by atoms with Gasteiger partial charge in [0.25, 0.3) is 0 Å². The lowest BCUT2D eigenvalue weighted by atomic mass is 9.87. The first-order chi connectivity index (χ1) is 20.1. The van der Waals surface area contributed by atoms with Crippen molar-refractivity contribution in [2.24, 2.45) is 7.05 Å². The Kier molecular flexibility index (Phi) is 7.72. The van der Waals surface area contributed by atoms with Crippen LogP contribution in [0.2, 0.25) is 0 Å². The Morgan fingerprint density at radius 3 is 2.39 bits per heavy atom. The number of anilines is 1. The van der Waals surface area contributed by atoms with Crippen molar-refractivity contribution in [1.29, 1.82) is 0 Å². The maximum atomic E-state index is 14.4. The van der Waals surface area contributed by atoms with Gasteiger partial charge in [-0.05, 0) is 47.0 Å². The van der Waals surface area contributed by atoms with Crippen LogP contribution in [0.5, 0.6) is 5.75 Å². The number of benzene rings is 4. The van der Waals surface area contributed by atoms with Crippen LogP contribution in [-0.2, 0) is 18.4 Å². The number of para-hydroxylation sites is 2. The van der Waals surface area contributed by atoms with Crippen LogP contribution in [0.1, 0.15) is 29.0 Å². The van der Waals surface area contributed by atoms with E-state index in [2.05, 4.69) is 35.0 Å². The molecule has 0 radical (unpaired) electrons. The van der Waals surface area contributed by atoms with Crippen LogP contribution in [0.3, 0.4) is 0 Å². The van der Waals surface area contributed by atoms with E-state index in [0.29, 0.717) is 44.9 Å². The second-order valence-corrected chi connectivity index (χ2v) is 10.6. The van der Waals surface area contributed by atoms with Crippen LogP contribution in [0.4, 0.5) is 10.1 Å². The van der Waals surface area contributed by atoms with Crippen molar-refractivity contribution in [2.75, 3.05) is 31.1 Å². The van der Waals surface area contributed by atoms with Crippen LogP contribution >= 0.6 is 0 Å². The molecule has 1 amide bonds. The van der Waals surface area contributed by atoms with Gasteiger partial charge in [-0.2, -0.15) is 0 Å². The maximum absolute atomic E-state index is 14.4. The Morgan fingerprint density at radius 1 is 0.854 bits per heavy atom. The Labute approximate surface area is 240 Å². The minimum atomic E-state index is -0.224. The second-order valence-electron chi connectivity index (χ2n) is 10.6. The molecule has 208 valence electrons. The predicted octanol–water partition coefficient (Wildman–Crippen LogP) is 6.77. The van der Waals surface area contributed by atoms with Crippen molar-refractivity contribution in [3.8, 4) is 5.75 Å². The molecule has 4 aromatic carbocycles. The van der Waals surface area contributed by atoms with E-state index in [9.17, 15) is 9.18 Å². The normalized spacial score (nSPS) is 14.3. The molecule has 0 aliphatic carbocycles. The molecule has 1 aliphatic heterocycles. The molecule has 0 saturated carbocycles. The lowest BCUT2D eigenvalue weighted by molar-refractivity contribution is -0.131. The van der Waals surface area contributed by atoms with Crippen molar-refractivity contribution < 1.29 is 13.9 Å². The van der Waals surface area contributed by atoms with Gasteiger partial charge in [0.1, 0.15) is 18.2 Å². The van der Waals surface area contributed by atoms with Crippen LogP contribution < -0.4 is 9.64 Å². The minimum Gasteiger partial charge on any atom is -0.489 e. The smallest absolute Gasteiger partial charge is 0.223 e. The molecule has 0 spiro atoms. The highest BCUT2D eigenvalue weighted by Crippen LogP contribution is 2.36. The summed E-state index contributed by atoms with van der Waals surface area (Å²) in [5, 5.41) is 1.15. The van der Waals surface area contributed by atoms with E-state index in [1.54, 1.807) is 12.1 Å². The molecule has 1 saturated heterocycles. The highest BCUT2D eigenvalue weighted by Gasteiger charge is 2.28. The molecular weight excluding hydrogens is 513 g/mol. The minimum absolute atomic E-state index is 0.103. The third-order valence-corrected chi connectivity index (χ3v) is 8.02. The molecule has 2 heterocycles. The van der Waals surface area contributed by atoms with Crippen LogP contribution in [0, 0.1) is 5.82 Å². The summed E-state index contributed by atoms with van der Waals surface area (Å²) in [6.45, 7) is 2.82. The Hall–Kier alpha value is -4.58. The molecule has 1 aromatic heterocycles. The number of rotatable bonds is 8. The largest absolute Gasteiger partial charge is 0.489 e. The first-order valence-electron chi connectivity index (χ1n) is 14.1. The number of hydrogen-bond acceptors (Lipinski definition) is 3. The molecule has 5 nitrogen and oxygen atoms in total. The van der Waals surface area contributed by atoms with Crippen molar-refractivity contribution in [1.82, 2.24) is 9.47 Å². The number of halogens is 1. The zero-order valence-electron chi connectivity index (χ0n) is 23.2. The summed E-state index contributed by atoms with van der Waals surface area (Å²) < 4.78 is 22.6. The lowest BCUT2D eigenvalue weighted by Crippen LogP contribution is -2.49. The lowest BCUT2D eigenvalue weighted by Gasteiger charge is -2.36. The summed E-state index contributed by atoms with van der Waals surface area (Å²) in [6, 6.07) is 33.4. The van der Waals surface area contributed by atoms with Gasteiger partial charge >= 0.3 is 0 Å². The monoisotopic (exact) mass is 547 g/mol. The van der Waals surface area contributed by atoms with Crippen molar-refractivity contribution in [2.45, 2.75) is 18.9 Å². The number of fused-ring (bicyclic) bond motifs is 1. The molecule has 1 atom stereocenters. The topological polar surface area (TPSA) is 37.7 Å². The quantitative estimate of drug-likeness (QED) is 0.215. The number of carbonyl (C=O) groups excluding carboxylic acids is 1. The third kappa shape index (κ3) is 5.82. The Morgan fingerprint density at radius 2 is 1.59 bits per heavy atom. The zero-order chi connectivity index (χ0) is 28.2. The van der Waals surface area contributed by atoms with Crippen LogP contribution in [0.15, 0.2) is 109 Å². The number of aromatic nitrogens is 1. The van der Waals surface area contributed by atoms with E-state index in [0.717, 1.165) is 33.3 Å². The molecule has 0 N–H and O–H groups in total. The Bertz CT molecular complexity index is 1640. The highest BCUT2D eigenvalue weighted by atomic mass is 19.1. The molecule has 6 heteroatoms. The average molecular weight is 548 g/mol. The zero-order valence-corrected chi connectivity index (χ0v) is 23.2. The van der Waals surface area contributed by atoms with Crippen LogP contribution in [0.25, 0.3) is 10.9 Å². The molecule has 1 unspecified atom stereocenters. The fourth-order valence-corrected chi connectivity index (χ4v) is 5.83. The van der Waals surface area contributed by atoms with Crippen LogP contribution in [-0.4, -0.2) is 41.6 Å². The molecule has 6 rings (SSSR count). The SMILES string of the molecule is Cn1cc(C(CC(=O)N2CCN(c3ccccc3F)CC2)c2cccc(OCc3ccccc3)c2)c2ccccc21. The summed E-state index contributed by atoms with van der Waals surface area (Å²) in [5.41, 5.74) is 5.01. The number of carbonyl (C=O) groups is 1. The van der Waals surface area contributed by atoms with Gasteiger partial charge in [-0.25, -0.2) is 4.39 Å². The molecule has 1 aliphatic rings. The molecular formula is C35H34FN3O2. The van der Waals surface area contributed by atoms with Gasteiger partial charge < -0.3 is 19.1 Å². The first kappa shape index (κ1) is 26.6. The fourth-order valence-electron chi connectivity index (χ4n) is 5.83. The van der Waals surface area contributed by atoms with E-state index in [-0.39, 0.29) is 17.6 Å².